The Morgan fingerprint density at radius 1 is 1.04 bits per heavy atom. The third-order valence-corrected chi connectivity index (χ3v) is 10.3. The lowest BCUT2D eigenvalue weighted by Gasteiger charge is -2.30. The molecular formula is C22H23BF2N8O10P2S. The van der Waals surface area contributed by atoms with Crippen LogP contribution in [-0.2, 0) is 51.0 Å². The summed E-state index contributed by atoms with van der Waals surface area (Å²) in [5.74, 6) is -0.906. The zero-order valence-electron chi connectivity index (χ0n) is 23.3. The summed E-state index contributed by atoms with van der Waals surface area (Å²) in [6.07, 6.45) is -8.28. The first kappa shape index (κ1) is 31.8. The van der Waals surface area contributed by atoms with E-state index in [9.17, 15) is 23.7 Å². The normalized spacial score (nSPS) is 37.2. The van der Waals surface area contributed by atoms with Crippen LogP contribution < -0.4 is 11.3 Å². The number of alkyl halides is 1. The van der Waals surface area contributed by atoms with E-state index in [0.29, 0.717) is 0 Å². The Morgan fingerprint density at radius 3 is 2.54 bits per heavy atom. The van der Waals surface area contributed by atoms with E-state index in [1.807, 2.05) is 0 Å². The van der Waals surface area contributed by atoms with Crippen molar-refractivity contribution in [3.8, 4) is 0 Å². The maximum absolute atomic E-state index is 16.0. The summed E-state index contributed by atoms with van der Waals surface area (Å²) in [6.45, 7) is -5.66. The summed E-state index contributed by atoms with van der Waals surface area (Å²) < 4.78 is 81.0. The Morgan fingerprint density at radius 2 is 1.76 bits per heavy atom. The van der Waals surface area contributed by atoms with E-state index >= 15 is 4.39 Å². The number of hydrogen-bond donors (Lipinski definition) is 3. The smallest absolute Gasteiger partial charge is 0.325 e. The quantitative estimate of drug-likeness (QED) is 0.186. The number of halogens is 2. The fourth-order valence-corrected chi connectivity index (χ4v) is 8.01. The third kappa shape index (κ3) is 5.40. The van der Waals surface area contributed by atoms with Gasteiger partial charge in [-0.1, -0.05) is 0 Å². The minimum atomic E-state index is -4.59. The Labute approximate surface area is 262 Å². The van der Waals surface area contributed by atoms with Crippen molar-refractivity contribution in [2.45, 2.75) is 49.1 Å². The molecule has 2 radical (unpaired) electrons. The molecule has 244 valence electrons. The van der Waals surface area contributed by atoms with Crippen LogP contribution in [0.15, 0.2) is 30.0 Å². The lowest BCUT2D eigenvalue weighted by molar-refractivity contribution is -0.0575. The van der Waals surface area contributed by atoms with Gasteiger partial charge in [0.1, 0.15) is 47.8 Å². The fraction of sp³-hybridized carbons (Fsp3) is 0.500. The molecule has 46 heavy (non-hydrogen) atoms. The van der Waals surface area contributed by atoms with E-state index in [-0.39, 0.29) is 28.0 Å². The van der Waals surface area contributed by atoms with Crippen LogP contribution >= 0.6 is 14.2 Å². The van der Waals surface area contributed by atoms with E-state index < -0.39 is 87.9 Å². The molecule has 4 N–H and O–H groups in total. The summed E-state index contributed by atoms with van der Waals surface area (Å²) in [5.41, 5.74) is 5.27. The number of nitrogen functional groups attached to an aromatic ring is 1. The van der Waals surface area contributed by atoms with Crippen molar-refractivity contribution in [2.75, 3.05) is 18.9 Å². The van der Waals surface area contributed by atoms with Crippen LogP contribution in [0, 0.1) is 5.82 Å². The molecule has 24 heteroatoms. The van der Waals surface area contributed by atoms with Crippen LogP contribution in [0.25, 0.3) is 22.2 Å². The first-order valence-corrected chi connectivity index (χ1v) is 17.6. The number of aromatic nitrogens is 7. The molecule has 0 amide bonds. The third-order valence-electron chi connectivity index (χ3n) is 7.70. The molecule has 0 aliphatic carbocycles. The summed E-state index contributed by atoms with van der Waals surface area (Å²) >= 11 is 5.15. The largest absolute Gasteiger partial charge is 0.386 e. The van der Waals surface area contributed by atoms with Crippen molar-refractivity contribution in [3.05, 3.63) is 41.3 Å². The van der Waals surface area contributed by atoms with Crippen molar-refractivity contribution in [1.82, 2.24) is 33.6 Å². The van der Waals surface area contributed by atoms with Crippen molar-refractivity contribution in [2.24, 2.45) is 7.05 Å². The van der Waals surface area contributed by atoms with E-state index in [2.05, 4.69) is 19.9 Å². The summed E-state index contributed by atoms with van der Waals surface area (Å²) in [4.78, 5) is 39.5. The average molecular weight is 702 g/mol. The summed E-state index contributed by atoms with van der Waals surface area (Å²) in [6, 6.07) is 0. The zero-order chi connectivity index (χ0) is 32.7. The van der Waals surface area contributed by atoms with Crippen molar-refractivity contribution < 1.29 is 50.9 Å². The summed E-state index contributed by atoms with van der Waals surface area (Å²) in [7, 11) is 2.65. The van der Waals surface area contributed by atoms with Gasteiger partial charge in [-0.2, -0.15) is 0 Å². The average Bonchev–Trinajstić information content (AvgIpc) is 3.73. The Kier molecular flexibility index (Phi) is 7.92. The number of fused-ring (bicyclic) bond motifs is 4. The maximum atomic E-state index is 16.0. The van der Waals surface area contributed by atoms with Crippen molar-refractivity contribution in [3.63, 3.8) is 0 Å². The fourth-order valence-electron chi connectivity index (χ4n) is 5.55. The molecule has 3 aliphatic heterocycles. The molecule has 7 heterocycles. The number of aliphatic hydroxyl groups is 1. The number of rotatable bonds is 2. The van der Waals surface area contributed by atoms with Gasteiger partial charge in [0.15, 0.2) is 41.6 Å². The van der Waals surface area contributed by atoms with Crippen LogP contribution in [-0.4, -0.2) is 101 Å². The van der Waals surface area contributed by atoms with E-state index in [4.69, 9.17) is 52.7 Å². The van der Waals surface area contributed by atoms with Gasteiger partial charge in [0.05, 0.1) is 25.9 Å². The SMILES string of the molecule is [B]P1(=O)OC[C@H]2O[C@@H](n3cnc4c(N)ncnc43)C(F)[C@H]2OP(O)(=S)OC[C@H]2O[C@@H](n3cc(F)c4c(=O)n(C)cnc43)[C@@H](O)C2O1. The molecule has 0 bridgehead atoms. The van der Waals surface area contributed by atoms with Crippen molar-refractivity contribution >= 4 is 61.6 Å². The van der Waals surface area contributed by atoms with E-state index in [1.165, 1.54) is 17.9 Å². The summed E-state index contributed by atoms with van der Waals surface area (Å²) in [5, 5.41) is 10.8. The number of ether oxygens (including phenoxy) is 2. The second-order valence-corrected chi connectivity index (χ2v) is 15.0. The van der Waals surface area contributed by atoms with Gasteiger partial charge in [-0.05, 0) is 11.8 Å². The number of hydrogen-bond acceptors (Lipinski definition) is 15. The minimum absolute atomic E-state index is 0.0384. The van der Waals surface area contributed by atoms with Gasteiger partial charge in [0.2, 0.25) is 7.57 Å². The second-order valence-electron chi connectivity index (χ2n) is 10.6. The first-order valence-electron chi connectivity index (χ1n) is 13.4. The van der Waals surface area contributed by atoms with Gasteiger partial charge >= 0.3 is 6.72 Å². The van der Waals surface area contributed by atoms with E-state index in [0.717, 1.165) is 28.0 Å². The number of imidazole rings is 1. The number of nitrogens with zero attached hydrogens (tertiary/aromatic N) is 7. The number of anilines is 1. The molecule has 10 atom stereocenters. The predicted octanol–water partition coefficient (Wildman–Crippen LogP) is 0.101. The minimum Gasteiger partial charge on any atom is -0.386 e. The predicted molar refractivity (Wildman–Crippen MR) is 155 cm³/mol. The van der Waals surface area contributed by atoms with Crippen molar-refractivity contribution in [1.29, 1.82) is 0 Å². The molecule has 7 rings (SSSR count). The van der Waals surface area contributed by atoms with Crippen LogP contribution in [0.1, 0.15) is 12.5 Å². The Hall–Kier alpha value is -2.75. The lowest BCUT2D eigenvalue weighted by atomic mass is 10.1. The lowest BCUT2D eigenvalue weighted by Crippen LogP contribution is -2.38. The molecular weight excluding hydrogens is 679 g/mol. The molecule has 0 saturated carbocycles. The molecule has 0 spiro atoms. The highest BCUT2D eigenvalue weighted by Crippen LogP contribution is 2.54. The Balaban J connectivity index is 1.18. The van der Waals surface area contributed by atoms with Gasteiger partial charge in [0, 0.05) is 13.2 Å². The molecule has 3 aliphatic rings. The number of nitrogens with two attached hydrogens (primary N) is 1. The highest BCUT2D eigenvalue weighted by Gasteiger charge is 2.53. The van der Waals surface area contributed by atoms with Crippen LogP contribution in [0.4, 0.5) is 14.6 Å². The standard InChI is InChI=1S/C22H23BF2N8O10P2S/c1-31-6-30-18-11(20(31)35)8(24)2-32(18)22-14(34)16-10(41-22)4-39-45(37,46)43-15-9(3-38-44(23,36)42-16)40-21(12(15)25)33-7-29-13-17(26)27-5-28-19(13)33/h2,5-7,9-10,12,14-16,21-22,34H,3-4H2,1H3,(H,37,46)(H2,26,27,28)/t9-,10-,12?,14+,15+,16?,21-,22-,44?,45?/m1/s1. The highest BCUT2D eigenvalue weighted by molar-refractivity contribution is 8.07. The van der Waals surface area contributed by atoms with Gasteiger partial charge in [-0.25, -0.2) is 28.7 Å². The molecule has 3 saturated heterocycles. The van der Waals surface area contributed by atoms with Crippen LogP contribution in [0.5, 0.6) is 0 Å². The van der Waals surface area contributed by atoms with Crippen LogP contribution in [0.2, 0.25) is 0 Å². The molecule has 18 nitrogen and oxygen atoms in total. The second kappa shape index (κ2) is 11.4. The van der Waals surface area contributed by atoms with E-state index in [1.54, 1.807) is 0 Å². The zero-order valence-corrected chi connectivity index (χ0v) is 26.0. The highest BCUT2D eigenvalue weighted by atomic mass is 32.5. The first-order chi connectivity index (χ1) is 21.7. The molecule has 4 aromatic rings. The maximum Gasteiger partial charge on any atom is 0.325 e. The molecule has 4 aromatic heterocycles. The van der Waals surface area contributed by atoms with Gasteiger partial charge in [-0.15, -0.1) is 0 Å². The molecule has 4 unspecified atom stereocenters. The molecule has 0 aromatic carbocycles. The van der Waals surface area contributed by atoms with Gasteiger partial charge in [-0.3, -0.25) is 18.5 Å². The van der Waals surface area contributed by atoms with Gasteiger partial charge < -0.3 is 47.9 Å². The molecule has 3 fully saturated rings. The number of aliphatic hydroxyl groups excluding tert-OH is 1. The topological polar surface area (TPSA) is 222 Å². The monoisotopic (exact) mass is 702 g/mol. The van der Waals surface area contributed by atoms with Gasteiger partial charge in [0.25, 0.3) is 13.0 Å². The Bertz CT molecular complexity index is 2000. The van der Waals surface area contributed by atoms with Crippen LogP contribution in [0.3, 0.4) is 0 Å². The number of aryl methyl sites for hydroxylation is 1.